The SMILES string of the molecule is CCC(CC)NC1CCCCC1SC. The summed E-state index contributed by atoms with van der Waals surface area (Å²) in [7, 11) is 0. The molecule has 0 radical (unpaired) electrons. The monoisotopic (exact) mass is 215 g/mol. The van der Waals surface area contributed by atoms with E-state index < -0.39 is 0 Å². The maximum atomic E-state index is 3.84. The van der Waals surface area contributed by atoms with Crippen LogP contribution in [0.1, 0.15) is 52.4 Å². The van der Waals surface area contributed by atoms with Gasteiger partial charge in [-0.25, -0.2) is 0 Å². The highest BCUT2D eigenvalue weighted by Gasteiger charge is 2.25. The van der Waals surface area contributed by atoms with E-state index in [0.717, 1.165) is 17.3 Å². The minimum Gasteiger partial charge on any atom is -0.310 e. The van der Waals surface area contributed by atoms with Gasteiger partial charge in [-0.2, -0.15) is 11.8 Å². The van der Waals surface area contributed by atoms with Crippen molar-refractivity contribution in [3.05, 3.63) is 0 Å². The van der Waals surface area contributed by atoms with E-state index >= 15 is 0 Å². The van der Waals surface area contributed by atoms with Crippen LogP contribution in [0.25, 0.3) is 0 Å². The Labute approximate surface area is 93.4 Å². The van der Waals surface area contributed by atoms with E-state index in [9.17, 15) is 0 Å². The molecule has 2 heteroatoms. The third kappa shape index (κ3) is 3.47. The lowest BCUT2D eigenvalue weighted by Gasteiger charge is -2.34. The van der Waals surface area contributed by atoms with Crippen LogP contribution in [0, 0.1) is 0 Å². The van der Waals surface area contributed by atoms with Crippen LogP contribution in [0.2, 0.25) is 0 Å². The Morgan fingerprint density at radius 1 is 1.21 bits per heavy atom. The highest BCUT2D eigenvalue weighted by molar-refractivity contribution is 7.99. The topological polar surface area (TPSA) is 12.0 Å². The number of thioether (sulfide) groups is 1. The summed E-state index contributed by atoms with van der Waals surface area (Å²) >= 11 is 2.05. The van der Waals surface area contributed by atoms with Crippen molar-refractivity contribution in [3.8, 4) is 0 Å². The molecule has 1 aliphatic rings. The average molecular weight is 215 g/mol. The van der Waals surface area contributed by atoms with Crippen LogP contribution in [0.15, 0.2) is 0 Å². The molecule has 1 rings (SSSR count). The maximum Gasteiger partial charge on any atom is 0.0198 e. The van der Waals surface area contributed by atoms with Gasteiger partial charge in [-0.1, -0.05) is 26.7 Å². The summed E-state index contributed by atoms with van der Waals surface area (Å²) in [5.74, 6) is 0. The second-order valence-corrected chi connectivity index (χ2v) is 5.42. The van der Waals surface area contributed by atoms with E-state index in [-0.39, 0.29) is 0 Å². The lowest BCUT2D eigenvalue weighted by atomic mass is 9.93. The molecule has 2 unspecified atom stereocenters. The number of rotatable bonds is 5. The highest BCUT2D eigenvalue weighted by Crippen LogP contribution is 2.27. The summed E-state index contributed by atoms with van der Waals surface area (Å²) in [6, 6.07) is 1.52. The molecular weight excluding hydrogens is 190 g/mol. The zero-order valence-corrected chi connectivity index (χ0v) is 10.7. The summed E-state index contributed by atoms with van der Waals surface area (Å²) in [6.07, 6.45) is 10.5. The van der Waals surface area contributed by atoms with Crippen molar-refractivity contribution < 1.29 is 0 Å². The molecule has 0 saturated heterocycles. The van der Waals surface area contributed by atoms with Gasteiger partial charge in [-0.3, -0.25) is 0 Å². The summed E-state index contributed by atoms with van der Waals surface area (Å²) in [5, 5.41) is 4.70. The second-order valence-electron chi connectivity index (χ2n) is 4.35. The third-order valence-corrected chi connectivity index (χ3v) is 4.61. The largest absolute Gasteiger partial charge is 0.310 e. The third-order valence-electron chi connectivity index (χ3n) is 3.44. The molecule has 0 aromatic carbocycles. The minimum absolute atomic E-state index is 0.743. The van der Waals surface area contributed by atoms with E-state index in [1.54, 1.807) is 0 Å². The van der Waals surface area contributed by atoms with Gasteiger partial charge in [0.25, 0.3) is 0 Å². The lowest BCUT2D eigenvalue weighted by molar-refractivity contribution is 0.335. The molecule has 14 heavy (non-hydrogen) atoms. The van der Waals surface area contributed by atoms with Crippen LogP contribution in [0.4, 0.5) is 0 Å². The molecule has 0 spiro atoms. The van der Waals surface area contributed by atoms with Crippen LogP contribution < -0.4 is 5.32 Å². The Kier molecular flexibility index (Phi) is 5.95. The molecule has 0 aliphatic heterocycles. The molecule has 0 heterocycles. The van der Waals surface area contributed by atoms with Crippen molar-refractivity contribution in [3.63, 3.8) is 0 Å². The van der Waals surface area contributed by atoms with Gasteiger partial charge in [0, 0.05) is 17.3 Å². The van der Waals surface area contributed by atoms with Gasteiger partial charge in [-0.05, 0) is 31.9 Å². The Balaban J connectivity index is 2.39. The van der Waals surface area contributed by atoms with Crippen LogP contribution in [0.3, 0.4) is 0 Å². The van der Waals surface area contributed by atoms with Gasteiger partial charge in [0.2, 0.25) is 0 Å². The van der Waals surface area contributed by atoms with E-state index in [4.69, 9.17) is 0 Å². The Hall–Kier alpha value is 0.310. The molecule has 1 saturated carbocycles. The number of hydrogen-bond donors (Lipinski definition) is 1. The van der Waals surface area contributed by atoms with Crippen molar-refractivity contribution >= 4 is 11.8 Å². The van der Waals surface area contributed by atoms with E-state index in [1.165, 1.54) is 38.5 Å². The van der Waals surface area contributed by atoms with Crippen molar-refractivity contribution in [2.24, 2.45) is 0 Å². The Bertz CT molecular complexity index is 145. The summed E-state index contributed by atoms with van der Waals surface area (Å²) in [4.78, 5) is 0. The average Bonchev–Trinajstić information content (AvgIpc) is 2.26. The van der Waals surface area contributed by atoms with Gasteiger partial charge in [0.1, 0.15) is 0 Å². The van der Waals surface area contributed by atoms with E-state index in [2.05, 4.69) is 37.2 Å². The van der Waals surface area contributed by atoms with E-state index in [0.29, 0.717) is 0 Å². The Morgan fingerprint density at radius 2 is 1.86 bits per heavy atom. The summed E-state index contributed by atoms with van der Waals surface area (Å²) in [5.41, 5.74) is 0. The van der Waals surface area contributed by atoms with Gasteiger partial charge in [0.05, 0.1) is 0 Å². The molecule has 0 bridgehead atoms. The maximum absolute atomic E-state index is 3.84. The normalized spacial score (nSPS) is 28.3. The first-order valence-electron chi connectivity index (χ1n) is 6.10. The van der Waals surface area contributed by atoms with Crippen LogP contribution in [-0.4, -0.2) is 23.6 Å². The minimum atomic E-state index is 0.743. The van der Waals surface area contributed by atoms with Gasteiger partial charge < -0.3 is 5.32 Å². The molecular formula is C12H25NS. The van der Waals surface area contributed by atoms with Gasteiger partial charge >= 0.3 is 0 Å². The molecule has 1 N–H and O–H groups in total. The summed E-state index contributed by atoms with van der Waals surface area (Å²) < 4.78 is 0. The highest BCUT2D eigenvalue weighted by atomic mass is 32.2. The predicted octanol–water partition coefficient (Wildman–Crippen LogP) is 3.44. The van der Waals surface area contributed by atoms with Crippen molar-refractivity contribution in [2.45, 2.75) is 69.7 Å². The van der Waals surface area contributed by atoms with Crippen molar-refractivity contribution in [1.29, 1.82) is 0 Å². The van der Waals surface area contributed by atoms with Gasteiger partial charge in [0.15, 0.2) is 0 Å². The molecule has 0 aromatic rings. The second kappa shape index (κ2) is 6.73. The fourth-order valence-electron chi connectivity index (χ4n) is 2.40. The summed E-state index contributed by atoms with van der Waals surface area (Å²) in [6.45, 7) is 4.58. The van der Waals surface area contributed by atoms with Crippen molar-refractivity contribution in [1.82, 2.24) is 5.32 Å². The first-order chi connectivity index (χ1) is 6.81. The number of hydrogen-bond acceptors (Lipinski definition) is 2. The zero-order valence-electron chi connectivity index (χ0n) is 9.88. The molecule has 1 aliphatic carbocycles. The van der Waals surface area contributed by atoms with Crippen LogP contribution >= 0.6 is 11.8 Å². The molecule has 1 fully saturated rings. The lowest BCUT2D eigenvalue weighted by Crippen LogP contribution is -2.45. The zero-order chi connectivity index (χ0) is 10.4. The predicted molar refractivity (Wildman–Crippen MR) is 67.1 cm³/mol. The quantitative estimate of drug-likeness (QED) is 0.754. The van der Waals surface area contributed by atoms with Crippen LogP contribution in [0.5, 0.6) is 0 Å². The van der Waals surface area contributed by atoms with E-state index in [1.807, 2.05) is 0 Å². The first kappa shape index (κ1) is 12.4. The Morgan fingerprint density at radius 3 is 2.43 bits per heavy atom. The fraction of sp³-hybridized carbons (Fsp3) is 1.00. The fourth-order valence-corrected chi connectivity index (χ4v) is 3.34. The first-order valence-corrected chi connectivity index (χ1v) is 7.39. The number of nitrogens with one attached hydrogen (secondary N) is 1. The molecule has 84 valence electrons. The smallest absolute Gasteiger partial charge is 0.0198 e. The molecule has 0 amide bonds. The van der Waals surface area contributed by atoms with Crippen LogP contribution in [-0.2, 0) is 0 Å². The molecule has 2 atom stereocenters. The molecule has 1 nitrogen and oxygen atoms in total. The molecule has 0 aromatic heterocycles. The standard InChI is InChI=1S/C12H25NS/c1-4-10(5-2)13-11-8-6-7-9-12(11)14-3/h10-13H,4-9H2,1-3H3. The van der Waals surface area contributed by atoms with Crippen molar-refractivity contribution in [2.75, 3.05) is 6.26 Å². The van der Waals surface area contributed by atoms with Gasteiger partial charge in [-0.15, -0.1) is 0 Å².